The molecule has 0 bridgehead atoms. The minimum absolute atomic E-state index is 0. The summed E-state index contributed by atoms with van der Waals surface area (Å²) < 4.78 is 5.13. The molecule has 1 fully saturated rings. The number of amides is 1. The summed E-state index contributed by atoms with van der Waals surface area (Å²) in [6.07, 6.45) is 1.25. The Hall–Kier alpha value is -0.320. The molecule has 0 saturated carbocycles. The number of hydrogen-bond acceptors (Lipinski definition) is 3. The van der Waals surface area contributed by atoms with Crippen LogP contribution in [0.5, 0.6) is 0 Å². The lowest BCUT2D eigenvalue weighted by molar-refractivity contribution is -0.129. The lowest BCUT2D eigenvalue weighted by Gasteiger charge is -2.31. The van der Waals surface area contributed by atoms with Gasteiger partial charge in [-0.15, -0.1) is 12.4 Å². The third kappa shape index (κ3) is 3.14. The van der Waals surface area contributed by atoms with Crippen LogP contribution in [0.25, 0.3) is 0 Å². The van der Waals surface area contributed by atoms with E-state index < -0.39 is 5.54 Å². The van der Waals surface area contributed by atoms with Crippen molar-refractivity contribution in [2.24, 2.45) is 5.73 Å². The predicted octanol–water partition coefficient (Wildman–Crippen LogP) is 0.0522. The van der Waals surface area contributed by atoms with E-state index in [0.717, 1.165) is 0 Å². The van der Waals surface area contributed by atoms with Gasteiger partial charge in [0.1, 0.15) is 0 Å². The fraction of sp³-hybridized carbons (Fsp3) is 0.875. The van der Waals surface area contributed by atoms with Crippen LogP contribution >= 0.6 is 12.4 Å². The van der Waals surface area contributed by atoms with E-state index in [4.69, 9.17) is 10.5 Å². The van der Waals surface area contributed by atoms with Crippen LogP contribution in [0.3, 0.4) is 0 Å². The number of ether oxygens (including phenoxy) is 1. The van der Waals surface area contributed by atoms with E-state index in [9.17, 15) is 4.79 Å². The van der Waals surface area contributed by atoms with Gasteiger partial charge in [-0.2, -0.15) is 0 Å². The van der Waals surface area contributed by atoms with Crippen LogP contribution in [-0.2, 0) is 9.53 Å². The Morgan fingerprint density at radius 2 is 2.08 bits per heavy atom. The molecular weight excluding hydrogens is 192 g/mol. The zero-order chi connectivity index (χ0) is 9.03. The first kappa shape index (κ1) is 12.7. The number of rotatable bonds is 2. The Morgan fingerprint density at radius 3 is 2.54 bits per heavy atom. The normalized spacial score (nSPS) is 20.2. The summed E-state index contributed by atoms with van der Waals surface area (Å²) in [5, 5.41) is 2.74. The fourth-order valence-electron chi connectivity index (χ4n) is 1.30. The first-order valence-electron chi connectivity index (χ1n) is 4.34. The number of likely N-dealkylation sites (N-methyl/N-ethyl adjacent to an activating group) is 1. The highest BCUT2D eigenvalue weighted by Crippen LogP contribution is 2.17. The van der Waals surface area contributed by atoms with Crippen molar-refractivity contribution in [1.29, 1.82) is 0 Å². The van der Waals surface area contributed by atoms with Gasteiger partial charge in [-0.25, -0.2) is 0 Å². The summed E-state index contributed by atoms with van der Waals surface area (Å²) in [6.45, 7) is 3.71. The first-order valence-corrected chi connectivity index (χ1v) is 4.34. The number of nitrogens with one attached hydrogen (secondary N) is 1. The van der Waals surface area contributed by atoms with Crippen molar-refractivity contribution >= 4 is 18.3 Å². The summed E-state index contributed by atoms with van der Waals surface area (Å²) in [5.74, 6) is -0.0479. The van der Waals surface area contributed by atoms with Crippen LogP contribution in [0.1, 0.15) is 19.8 Å². The molecule has 0 aromatic carbocycles. The number of halogens is 1. The van der Waals surface area contributed by atoms with Gasteiger partial charge in [0.25, 0.3) is 0 Å². The molecule has 1 aliphatic rings. The van der Waals surface area contributed by atoms with Gasteiger partial charge in [0.05, 0.1) is 5.54 Å². The molecule has 0 radical (unpaired) electrons. The Labute approximate surface area is 84.6 Å². The summed E-state index contributed by atoms with van der Waals surface area (Å²) in [5.41, 5.74) is 5.21. The molecule has 0 atom stereocenters. The van der Waals surface area contributed by atoms with Crippen molar-refractivity contribution < 1.29 is 9.53 Å². The second-order valence-corrected chi connectivity index (χ2v) is 3.13. The molecule has 13 heavy (non-hydrogen) atoms. The third-order valence-corrected chi connectivity index (χ3v) is 2.17. The van der Waals surface area contributed by atoms with Gasteiger partial charge in [-0.05, 0) is 19.8 Å². The lowest BCUT2D eigenvalue weighted by Crippen LogP contribution is -2.56. The van der Waals surface area contributed by atoms with Gasteiger partial charge < -0.3 is 15.8 Å². The van der Waals surface area contributed by atoms with E-state index in [2.05, 4.69) is 5.32 Å². The largest absolute Gasteiger partial charge is 0.381 e. The minimum Gasteiger partial charge on any atom is -0.381 e. The SMILES string of the molecule is CCNC(=O)C1(N)CCOCC1.Cl. The van der Waals surface area contributed by atoms with Crippen molar-refractivity contribution in [1.82, 2.24) is 5.32 Å². The standard InChI is InChI=1S/C8H16N2O2.ClH/c1-2-10-7(11)8(9)3-5-12-6-4-8;/h2-6,9H2,1H3,(H,10,11);1H. The topological polar surface area (TPSA) is 64.4 Å². The minimum atomic E-state index is -0.686. The molecule has 0 aromatic rings. The quantitative estimate of drug-likeness (QED) is 0.674. The van der Waals surface area contributed by atoms with Gasteiger partial charge in [0, 0.05) is 19.8 Å². The number of carbonyl (C=O) groups excluding carboxylic acids is 1. The molecule has 1 rings (SSSR count). The van der Waals surface area contributed by atoms with Crippen molar-refractivity contribution in [3.63, 3.8) is 0 Å². The van der Waals surface area contributed by atoms with E-state index in [1.165, 1.54) is 0 Å². The first-order chi connectivity index (χ1) is 5.69. The highest BCUT2D eigenvalue weighted by molar-refractivity contribution is 5.86. The molecule has 0 aliphatic carbocycles. The van der Waals surface area contributed by atoms with Gasteiger partial charge in [0.2, 0.25) is 5.91 Å². The average Bonchev–Trinajstić information content (AvgIpc) is 2.06. The molecule has 0 unspecified atom stereocenters. The molecule has 3 N–H and O–H groups in total. The van der Waals surface area contributed by atoms with E-state index >= 15 is 0 Å². The van der Waals surface area contributed by atoms with Crippen LogP contribution in [0, 0.1) is 0 Å². The van der Waals surface area contributed by atoms with E-state index in [1.807, 2.05) is 6.92 Å². The Bertz CT molecular complexity index is 170. The van der Waals surface area contributed by atoms with Crippen LogP contribution < -0.4 is 11.1 Å². The summed E-state index contributed by atoms with van der Waals surface area (Å²) in [7, 11) is 0. The zero-order valence-corrected chi connectivity index (χ0v) is 8.65. The summed E-state index contributed by atoms with van der Waals surface area (Å²) in [6, 6.07) is 0. The second kappa shape index (κ2) is 5.42. The zero-order valence-electron chi connectivity index (χ0n) is 7.84. The fourth-order valence-corrected chi connectivity index (χ4v) is 1.30. The highest BCUT2D eigenvalue weighted by atomic mass is 35.5. The smallest absolute Gasteiger partial charge is 0.240 e. The second-order valence-electron chi connectivity index (χ2n) is 3.13. The number of carbonyl (C=O) groups is 1. The Kier molecular flexibility index (Phi) is 5.29. The molecule has 0 aromatic heterocycles. The maximum atomic E-state index is 11.4. The van der Waals surface area contributed by atoms with Crippen LogP contribution in [0.4, 0.5) is 0 Å². The summed E-state index contributed by atoms with van der Waals surface area (Å²) >= 11 is 0. The van der Waals surface area contributed by atoms with Gasteiger partial charge in [-0.3, -0.25) is 4.79 Å². The molecule has 1 aliphatic heterocycles. The average molecular weight is 209 g/mol. The maximum absolute atomic E-state index is 11.4. The van der Waals surface area contributed by atoms with E-state index in [0.29, 0.717) is 32.6 Å². The van der Waals surface area contributed by atoms with E-state index in [-0.39, 0.29) is 18.3 Å². The molecule has 1 amide bonds. The van der Waals surface area contributed by atoms with Crippen molar-refractivity contribution in [2.75, 3.05) is 19.8 Å². The molecule has 4 nitrogen and oxygen atoms in total. The molecule has 0 spiro atoms. The summed E-state index contributed by atoms with van der Waals surface area (Å²) in [4.78, 5) is 11.4. The molecule has 1 heterocycles. The molecule has 1 saturated heterocycles. The molecular formula is C8H17ClN2O2. The number of nitrogens with two attached hydrogens (primary N) is 1. The molecule has 5 heteroatoms. The Morgan fingerprint density at radius 1 is 1.54 bits per heavy atom. The van der Waals surface area contributed by atoms with Crippen molar-refractivity contribution in [3.8, 4) is 0 Å². The molecule has 78 valence electrons. The van der Waals surface area contributed by atoms with Crippen LogP contribution in [0.2, 0.25) is 0 Å². The Balaban J connectivity index is 0.00000144. The van der Waals surface area contributed by atoms with Crippen molar-refractivity contribution in [3.05, 3.63) is 0 Å². The van der Waals surface area contributed by atoms with Crippen molar-refractivity contribution in [2.45, 2.75) is 25.3 Å². The van der Waals surface area contributed by atoms with Gasteiger partial charge >= 0.3 is 0 Å². The lowest BCUT2D eigenvalue weighted by atomic mass is 9.90. The van der Waals surface area contributed by atoms with Gasteiger partial charge in [-0.1, -0.05) is 0 Å². The van der Waals surface area contributed by atoms with E-state index in [1.54, 1.807) is 0 Å². The monoisotopic (exact) mass is 208 g/mol. The van der Waals surface area contributed by atoms with Crippen LogP contribution in [0.15, 0.2) is 0 Å². The number of hydrogen-bond donors (Lipinski definition) is 2. The predicted molar refractivity (Wildman–Crippen MR) is 52.9 cm³/mol. The third-order valence-electron chi connectivity index (χ3n) is 2.17. The van der Waals surface area contributed by atoms with Crippen LogP contribution in [-0.4, -0.2) is 31.2 Å². The highest BCUT2D eigenvalue weighted by Gasteiger charge is 2.35. The van der Waals surface area contributed by atoms with Gasteiger partial charge in [0.15, 0.2) is 0 Å². The maximum Gasteiger partial charge on any atom is 0.240 e.